The molecule has 3 nitrogen and oxygen atoms in total. The number of rotatable bonds is 2. The van der Waals surface area contributed by atoms with Crippen molar-refractivity contribution in [1.82, 2.24) is 9.97 Å². The maximum absolute atomic E-state index is 5.74. The number of aromatic amines is 1. The van der Waals surface area contributed by atoms with Crippen LogP contribution in [0.4, 0.5) is 5.69 Å². The van der Waals surface area contributed by atoms with Gasteiger partial charge in [0.25, 0.3) is 0 Å². The van der Waals surface area contributed by atoms with Gasteiger partial charge in [0.05, 0.1) is 16.8 Å². The second-order valence-electron chi connectivity index (χ2n) is 4.28. The molecule has 0 radical (unpaired) electrons. The summed E-state index contributed by atoms with van der Waals surface area (Å²) in [5, 5.41) is 0.868. The highest BCUT2D eigenvalue weighted by atomic mass is 32.2. The summed E-state index contributed by atoms with van der Waals surface area (Å²) < 4.78 is 0. The van der Waals surface area contributed by atoms with Crippen molar-refractivity contribution in [3.8, 4) is 11.8 Å². The van der Waals surface area contributed by atoms with Gasteiger partial charge in [-0.25, -0.2) is 4.98 Å². The van der Waals surface area contributed by atoms with E-state index in [4.69, 9.17) is 5.73 Å². The predicted molar refractivity (Wildman–Crippen MR) is 84.6 cm³/mol. The van der Waals surface area contributed by atoms with E-state index in [9.17, 15) is 0 Å². The summed E-state index contributed by atoms with van der Waals surface area (Å²) in [5.74, 6) is 6.96. The molecule has 0 fully saturated rings. The predicted octanol–water partition coefficient (Wildman–Crippen LogP) is 3.29. The third-order valence-electron chi connectivity index (χ3n) is 2.77. The van der Waals surface area contributed by atoms with Crippen LogP contribution in [0.3, 0.4) is 0 Å². The number of nitrogens with one attached hydrogen (secondary N) is 1. The molecule has 0 amide bonds. The van der Waals surface area contributed by atoms with Crippen LogP contribution in [0.25, 0.3) is 11.0 Å². The third-order valence-corrected chi connectivity index (χ3v) is 3.53. The number of anilines is 1. The van der Waals surface area contributed by atoms with Gasteiger partial charge in [-0.15, -0.1) is 0 Å². The normalized spacial score (nSPS) is 10.2. The number of thioether (sulfide) groups is 1. The molecule has 3 N–H and O–H groups in total. The van der Waals surface area contributed by atoms with Crippen molar-refractivity contribution in [2.45, 2.75) is 5.16 Å². The molecule has 0 aliphatic carbocycles. The molecule has 20 heavy (non-hydrogen) atoms. The first kappa shape index (κ1) is 12.6. The van der Waals surface area contributed by atoms with Gasteiger partial charge in [-0.1, -0.05) is 41.8 Å². The minimum Gasteiger partial charge on any atom is -0.399 e. The molecule has 0 unspecified atom stereocenters. The van der Waals surface area contributed by atoms with E-state index in [1.54, 1.807) is 11.8 Å². The van der Waals surface area contributed by atoms with Crippen molar-refractivity contribution in [3.63, 3.8) is 0 Å². The van der Waals surface area contributed by atoms with E-state index in [0.717, 1.165) is 27.4 Å². The summed E-state index contributed by atoms with van der Waals surface area (Å²) in [7, 11) is 0. The van der Waals surface area contributed by atoms with Crippen LogP contribution >= 0.6 is 11.8 Å². The molecule has 2 aromatic carbocycles. The first-order chi connectivity index (χ1) is 9.81. The van der Waals surface area contributed by atoms with Crippen molar-refractivity contribution in [1.29, 1.82) is 0 Å². The average molecular weight is 279 g/mol. The molecule has 0 spiro atoms. The van der Waals surface area contributed by atoms with E-state index in [-0.39, 0.29) is 0 Å². The van der Waals surface area contributed by atoms with Crippen molar-refractivity contribution in [3.05, 3.63) is 54.1 Å². The zero-order chi connectivity index (χ0) is 13.8. The number of nitrogen functional groups attached to an aromatic ring is 1. The van der Waals surface area contributed by atoms with Gasteiger partial charge < -0.3 is 10.7 Å². The zero-order valence-corrected chi connectivity index (χ0v) is 11.6. The second-order valence-corrected chi connectivity index (χ2v) is 5.24. The maximum atomic E-state index is 5.74. The van der Waals surface area contributed by atoms with Crippen LogP contribution in [0.2, 0.25) is 0 Å². The summed E-state index contributed by atoms with van der Waals surface area (Å²) in [6.07, 6.45) is 0. The van der Waals surface area contributed by atoms with Crippen LogP contribution in [0.1, 0.15) is 5.56 Å². The highest BCUT2D eigenvalue weighted by Crippen LogP contribution is 2.20. The van der Waals surface area contributed by atoms with Gasteiger partial charge in [0.1, 0.15) is 0 Å². The summed E-state index contributed by atoms with van der Waals surface area (Å²) in [6.45, 7) is 0. The lowest BCUT2D eigenvalue weighted by atomic mass is 10.2. The summed E-state index contributed by atoms with van der Waals surface area (Å²) in [6, 6.07) is 15.6. The molecule has 0 saturated carbocycles. The summed E-state index contributed by atoms with van der Waals surface area (Å²) >= 11 is 1.59. The molecule has 0 atom stereocenters. The van der Waals surface area contributed by atoms with Crippen LogP contribution < -0.4 is 5.73 Å². The van der Waals surface area contributed by atoms with E-state index >= 15 is 0 Å². The average Bonchev–Trinajstić information content (AvgIpc) is 2.86. The fourth-order valence-electron chi connectivity index (χ4n) is 1.84. The number of hydrogen-bond donors (Lipinski definition) is 2. The summed E-state index contributed by atoms with van der Waals surface area (Å²) in [5.41, 5.74) is 9.40. The minimum atomic E-state index is 0.699. The molecular formula is C16H13N3S. The number of aromatic nitrogens is 2. The van der Waals surface area contributed by atoms with E-state index in [1.165, 1.54) is 0 Å². The lowest BCUT2D eigenvalue weighted by molar-refractivity contribution is 1.08. The topological polar surface area (TPSA) is 54.7 Å². The van der Waals surface area contributed by atoms with Gasteiger partial charge in [0.2, 0.25) is 0 Å². The number of H-pyrrole nitrogens is 1. The first-order valence-corrected chi connectivity index (χ1v) is 7.22. The lowest BCUT2D eigenvalue weighted by Crippen LogP contribution is -1.82. The molecule has 4 heteroatoms. The SMILES string of the molecule is Nc1ccc2nc(SCC#Cc3ccccc3)[nH]c2c1. The molecule has 3 rings (SSSR count). The largest absolute Gasteiger partial charge is 0.399 e. The number of benzene rings is 2. The van der Waals surface area contributed by atoms with Crippen LogP contribution in [-0.2, 0) is 0 Å². The Bertz CT molecular complexity index is 782. The molecular weight excluding hydrogens is 266 g/mol. The zero-order valence-electron chi connectivity index (χ0n) is 10.8. The number of imidazole rings is 1. The van der Waals surface area contributed by atoms with Gasteiger partial charge in [-0.05, 0) is 30.3 Å². The van der Waals surface area contributed by atoms with Gasteiger partial charge in [0.15, 0.2) is 5.16 Å². The first-order valence-electron chi connectivity index (χ1n) is 6.23. The standard InChI is InChI=1S/C16H13N3S/c17-13-8-9-14-15(11-13)19-16(18-14)20-10-4-7-12-5-2-1-3-6-12/h1-3,5-6,8-9,11H,10,17H2,(H,18,19). The van der Waals surface area contributed by atoms with E-state index in [2.05, 4.69) is 21.8 Å². The monoisotopic (exact) mass is 279 g/mol. The number of hydrogen-bond acceptors (Lipinski definition) is 3. The summed E-state index contributed by atoms with van der Waals surface area (Å²) in [4.78, 5) is 7.72. The Morgan fingerprint density at radius 2 is 2.00 bits per heavy atom. The van der Waals surface area contributed by atoms with Crippen LogP contribution in [0.15, 0.2) is 53.7 Å². The van der Waals surface area contributed by atoms with Crippen molar-refractivity contribution in [2.24, 2.45) is 0 Å². The van der Waals surface area contributed by atoms with Gasteiger partial charge >= 0.3 is 0 Å². The Labute approximate surface area is 121 Å². The Kier molecular flexibility index (Phi) is 3.62. The molecule has 1 heterocycles. The van der Waals surface area contributed by atoms with E-state index in [1.807, 2.05) is 48.5 Å². The fraction of sp³-hybridized carbons (Fsp3) is 0.0625. The Morgan fingerprint density at radius 3 is 2.85 bits per heavy atom. The van der Waals surface area contributed by atoms with Crippen LogP contribution in [0, 0.1) is 11.8 Å². The lowest BCUT2D eigenvalue weighted by Gasteiger charge is -1.90. The Balaban J connectivity index is 1.67. The van der Waals surface area contributed by atoms with Crippen molar-refractivity contribution in [2.75, 3.05) is 11.5 Å². The molecule has 0 bridgehead atoms. The van der Waals surface area contributed by atoms with Gasteiger partial charge in [-0.3, -0.25) is 0 Å². The maximum Gasteiger partial charge on any atom is 0.167 e. The smallest absolute Gasteiger partial charge is 0.167 e. The van der Waals surface area contributed by atoms with Gasteiger partial charge in [-0.2, -0.15) is 0 Å². The Hall–Kier alpha value is -2.38. The second kappa shape index (κ2) is 5.72. The molecule has 3 aromatic rings. The highest BCUT2D eigenvalue weighted by molar-refractivity contribution is 7.99. The van der Waals surface area contributed by atoms with Crippen LogP contribution in [0.5, 0.6) is 0 Å². The molecule has 0 aliphatic rings. The fourth-order valence-corrected chi connectivity index (χ4v) is 2.46. The van der Waals surface area contributed by atoms with E-state index < -0.39 is 0 Å². The molecule has 0 saturated heterocycles. The van der Waals surface area contributed by atoms with Crippen LogP contribution in [-0.4, -0.2) is 15.7 Å². The minimum absolute atomic E-state index is 0.699. The molecule has 0 aliphatic heterocycles. The van der Waals surface area contributed by atoms with E-state index in [0.29, 0.717) is 5.75 Å². The third kappa shape index (κ3) is 2.95. The molecule has 98 valence electrons. The number of nitrogens with zero attached hydrogens (tertiary/aromatic N) is 1. The number of fused-ring (bicyclic) bond motifs is 1. The van der Waals surface area contributed by atoms with Crippen molar-refractivity contribution >= 4 is 28.5 Å². The van der Waals surface area contributed by atoms with Crippen molar-refractivity contribution < 1.29 is 0 Å². The number of nitrogens with two attached hydrogens (primary N) is 1. The quantitative estimate of drug-likeness (QED) is 0.430. The Morgan fingerprint density at radius 1 is 1.15 bits per heavy atom. The van der Waals surface area contributed by atoms with Gasteiger partial charge in [0, 0.05) is 11.3 Å². The molecule has 1 aromatic heterocycles. The highest BCUT2D eigenvalue weighted by Gasteiger charge is 2.02.